The fourth-order valence-corrected chi connectivity index (χ4v) is 5.67. The highest BCUT2D eigenvalue weighted by molar-refractivity contribution is 6.76. The molecular weight excluding hydrogens is 590 g/mol. The van der Waals surface area contributed by atoms with Crippen LogP contribution in [0.25, 0.3) is 22.3 Å². The van der Waals surface area contributed by atoms with E-state index in [-0.39, 0.29) is 6.23 Å². The smallest absolute Gasteiger partial charge is 0.214 e. The van der Waals surface area contributed by atoms with Crippen LogP contribution in [-0.2, 0) is 37.0 Å². The highest BCUT2D eigenvalue weighted by Gasteiger charge is 2.23. The van der Waals surface area contributed by atoms with Crippen LogP contribution < -0.4 is 4.74 Å². The Morgan fingerprint density at radius 2 is 1.64 bits per heavy atom. The Morgan fingerprint density at radius 1 is 0.867 bits per heavy atom. The normalized spacial score (nSPS) is 15.6. The van der Waals surface area contributed by atoms with Gasteiger partial charge in [0.05, 0.1) is 51.4 Å². The first kappa shape index (κ1) is 33.2. The van der Waals surface area contributed by atoms with Crippen LogP contribution in [0.5, 0.6) is 5.88 Å². The molecule has 1 aliphatic rings. The van der Waals surface area contributed by atoms with Crippen LogP contribution in [0.3, 0.4) is 0 Å². The average molecular weight is 638 g/mol. The van der Waals surface area contributed by atoms with Crippen molar-refractivity contribution >= 4 is 19.1 Å². The van der Waals surface area contributed by atoms with Gasteiger partial charge in [-0.2, -0.15) is 10.2 Å². The van der Waals surface area contributed by atoms with Gasteiger partial charge in [0.25, 0.3) is 0 Å². The summed E-state index contributed by atoms with van der Waals surface area (Å²) in [5, 5.41) is 9.50. The number of aromatic nitrogens is 5. The minimum absolute atomic E-state index is 0.116. The maximum absolute atomic E-state index is 6.08. The summed E-state index contributed by atoms with van der Waals surface area (Å²) < 4.78 is 38.6. The Labute approximate surface area is 266 Å². The first-order chi connectivity index (χ1) is 22.0. The lowest BCUT2D eigenvalue weighted by molar-refractivity contribution is -0.0365. The van der Waals surface area contributed by atoms with Gasteiger partial charge in [0.2, 0.25) is 5.88 Å². The molecule has 0 N–H and O–H groups in total. The van der Waals surface area contributed by atoms with E-state index in [4.69, 9.17) is 38.5 Å². The third-order valence-corrected chi connectivity index (χ3v) is 9.12. The molecule has 0 aliphatic carbocycles. The van der Waals surface area contributed by atoms with Gasteiger partial charge in [0, 0.05) is 39.1 Å². The molecule has 3 aromatic heterocycles. The van der Waals surface area contributed by atoms with E-state index in [0.717, 1.165) is 66.4 Å². The minimum atomic E-state index is -1.14. The van der Waals surface area contributed by atoms with Gasteiger partial charge in [-0.3, -0.25) is 0 Å². The molecule has 5 rings (SSSR count). The van der Waals surface area contributed by atoms with Gasteiger partial charge in [0.15, 0.2) is 6.23 Å². The molecule has 0 bridgehead atoms. The molecule has 11 nitrogen and oxygen atoms in total. The molecular formula is C33H47N5O6Si. The molecule has 0 spiro atoms. The summed E-state index contributed by atoms with van der Waals surface area (Å²) in [6, 6.07) is 15.1. The van der Waals surface area contributed by atoms with Crippen molar-refractivity contribution in [2.24, 2.45) is 0 Å². The molecule has 0 saturated carbocycles. The van der Waals surface area contributed by atoms with Gasteiger partial charge in [-0.25, -0.2) is 14.3 Å². The molecule has 244 valence electrons. The zero-order valence-corrected chi connectivity index (χ0v) is 27.9. The number of ether oxygens (including phenoxy) is 6. The lowest BCUT2D eigenvalue weighted by Gasteiger charge is -2.23. The topological polar surface area (TPSA) is 104 Å². The van der Waals surface area contributed by atoms with Crippen molar-refractivity contribution < 1.29 is 28.4 Å². The zero-order valence-electron chi connectivity index (χ0n) is 26.9. The second-order valence-corrected chi connectivity index (χ2v) is 18.0. The number of hydrogen-bond donors (Lipinski definition) is 0. The zero-order chi connectivity index (χ0) is 31.3. The molecule has 0 radical (unpaired) electrons. The summed E-state index contributed by atoms with van der Waals surface area (Å²) in [5.41, 5.74) is 4.44. The third kappa shape index (κ3) is 10.4. The lowest BCUT2D eigenvalue weighted by atomic mass is 10.2. The molecule has 1 fully saturated rings. The number of fused-ring (bicyclic) bond motifs is 1. The molecule has 1 saturated heterocycles. The first-order valence-corrected chi connectivity index (χ1v) is 19.7. The predicted octanol–water partition coefficient (Wildman–Crippen LogP) is 5.94. The molecule has 4 heterocycles. The van der Waals surface area contributed by atoms with E-state index >= 15 is 0 Å². The maximum atomic E-state index is 6.08. The summed E-state index contributed by atoms with van der Waals surface area (Å²) >= 11 is 0. The Morgan fingerprint density at radius 3 is 2.40 bits per heavy atom. The minimum Gasteiger partial charge on any atom is -0.475 e. The summed E-state index contributed by atoms with van der Waals surface area (Å²) in [4.78, 5) is 4.86. The molecule has 1 aliphatic heterocycles. The fourth-order valence-electron chi connectivity index (χ4n) is 4.92. The first-order valence-electron chi connectivity index (χ1n) is 16.0. The molecule has 12 heteroatoms. The summed E-state index contributed by atoms with van der Waals surface area (Å²) in [6.07, 6.45) is 6.75. The van der Waals surface area contributed by atoms with Crippen molar-refractivity contribution in [2.75, 3.05) is 52.9 Å². The molecule has 0 amide bonds. The highest BCUT2D eigenvalue weighted by atomic mass is 28.3. The van der Waals surface area contributed by atoms with Crippen LogP contribution in [0.2, 0.25) is 25.7 Å². The molecule has 45 heavy (non-hydrogen) atoms. The molecule has 1 atom stereocenters. The monoisotopic (exact) mass is 637 g/mol. The van der Waals surface area contributed by atoms with Crippen molar-refractivity contribution in [3.8, 4) is 17.1 Å². The van der Waals surface area contributed by atoms with E-state index in [1.807, 2.05) is 59.5 Å². The largest absolute Gasteiger partial charge is 0.475 e. The highest BCUT2D eigenvalue weighted by Crippen LogP contribution is 2.33. The van der Waals surface area contributed by atoms with Gasteiger partial charge < -0.3 is 28.4 Å². The van der Waals surface area contributed by atoms with Crippen molar-refractivity contribution in [3.63, 3.8) is 0 Å². The van der Waals surface area contributed by atoms with E-state index in [0.29, 0.717) is 58.9 Å². The quantitative estimate of drug-likeness (QED) is 0.0913. The van der Waals surface area contributed by atoms with Gasteiger partial charge in [-0.1, -0.05) is 50.0 Å². The van der Waals surface area contributed by atoms with Gasteiger partial charge in [0.1, 0.15) is 24.5 Å². The van der Waals surface area contributed by atoms with Crippen LogP contribution >= 0.6 is 0 Å². The van der Waals surface area contributed by atoms with Gasteiger partial charge in [-0.05, 0) is 36.9 Å². The van der Waals surface area contributed by atoms with Gasteiger partial charge >= 0.3 is 0 Å². The van der Waals surface area contributed by atoms with Crippen LogP contribution in [0.4, 0.5) is 0 Å². The standard InChI is InChI=1S/C33H47N5O6Si/c1-45(2,3)22-21-42-26-37-24-28(23-34-37)32-33-29(38(36-32)31-11-7-8-14-44-31)12-13-30(35-33)43-20-19-40-16-15-39-17-18-41-25-27-9-5-4-6-10-27/h4-6,9-10,12-13,23-24,31H,7-8,11,14-22,25-26H2,1-3H3. The predicted molar refractivity (Wildman–Crippen MR) is 175 cm³/mol. The van der Waals surface area contributed by atoms with E-state index in [1.54, 1.807) is 4.68 Å². The van der Waals surface area contributed by atoms with E-state index in [1.165, 1.54) is 0 Å². The van der Waals surface area contributed by atoms with Crippen LogP contribution in [0.1, 0.15) is 31.1 Å². The van der Waals surface area contributed by atoms with E-state index in [2.05, 4.69) is 24.7 Å². The maximum Gasteiger partial charge on any atom is 0.214 e. The molecule has 1 unspecified atom stereocenters. The third-order valence-electron chi connectivity index (χ3n) is 7.42. The number of hydrogen-bond acceptors (Lipinski definition) is 9. The second kappa shape index (κ2) is 17.0. The van der Waals surface area contributed by atoms with Crippen LogP contribution in [0, 0.1) is 0 Å². The lowest BCUT2D eigenvalue weighted by Crippen LogP contribution is -2.22. The average Bonchev–Trinajstić information content (AvgIpc) is 3.67. The van der Waals surface area contributed by atoms with Crippen molar-refractivity contribution in [1.82, 2.24) is 24.5 Å². The number of pyridine rings is 1. The van der Waals surface area contributed by atoms with E-state index < -0.39 is 8.07 Å². The Balaban J connectivity index is 1.11. The van der Waals surface area contributed by atoms with E-state index in [9.17, 15) is 0 Å². The summed E-state index contributed by atoms with van der Waals surface area (Å²) in [7, 11) is -1.14. The van der Waals surface area contributed by atoms with Crippen molar-refractivity contribution in [2.45, 2.75) is 64.5 Å². The Kier molecular flexibility index (Phi) is 12.5. The Hall–Kier alpha value is -3.13. The van der Waals surface area contributed by atoms with Crippen LogP contribution in [0.15, 0.2) is 54.9 Å². The van der Waals surface area contributed by atoms with Gasteiger partial charge in [-0.15, -0.1) is 0 Å². The number of benzene rings is 1. The number of nitrogens with zero attached hydrogens (tertiary/aromatic N) is 5. The van der Waals surface area contributed by atoms with Crippen molar-refractivity contribution in [1.29, 1.82) is 0 Å². The second-order valence-electron chi connectivity index (χ2n) is 12.4. The summed E-state index contributed by atoms with van der Waals surface area (Å²) in [5.74, 6) is 0.519. The Bertz CT molecular complexity index is 1430. The SMILES string of the molecule is C[Si](C)(C)CCOCn1cc(-c2nn(C3CCCCO3)c3ccc(OCCOCCOCCOCc4ccccc4)nc23)cn1. The number of rotatable bonds is 19. The van der Waals surface area contributed by atoms with Crippen LogP contribution in [-0.4, -0.2) is 85.5 Å². The summed E-state index contributed by atoms with van der Waals surface area (Å²) in [6.45, 7) is 12.4. The fraction of sp³-hybridized carbons (Fsp3) is 0.545. The van der Waals surface area contributed by atoms with Crippen molar-refractivity contribution in [3.05, 3.63) is 60.4 Å². The molecule has 1 aromatic carbocycles. The molecule has 4 aromatic rings.